The summed E-state index contributed by atoms with van der Waals surface area (Å²) in [4.78, 5) is 0. The van der Waals surface area contributed by atoms with E-state index in [0.717, 1.165) is 24.1 Å². The first-order chi connectivity index (χ1) is 9.88. The molecule has 0 spiro atoms. The van der Waals surface area contributed by atoms with Crippen molar-refractivity contribution >= 4 is 0 Å². The lowest BCUT2D eigenvalue weighted by molar-refractivity contribution is -0.137. The van der Waals surface area contributed by atoms with Gasteiger partial charge in [-0.05, 0) is 47.7 Å². The van der Waals surface area contributed by atoms with E-state index >= 15 is 0 Å². The minimum atomic E-state index is -4.35. The number of halogens is 3. The number of aliphatic hydroxyl groups excluding tert-OH is 1. The third-order valence-electron chi connectivity index (χ3n) is 4.19. The van der Waals surface area contributed by atoms with Crippen molar-refractivity contribution in [3.05, 3.63) is 70.3 Å². The Morgan fingerprint density at radius 3 is 2.48 bits per heavy atom. The molecule has 110 valence electrons. The summed E-state index contributed by atoms with van der Waals surface area (Å²) in [5.74, 6) is -0.0309. The SMILES string of the molecule is Cc1cc(C(F)(F)F)ccc1C(O)C1Cc2ccccc21. The summed E-state index contributed by atoms with van der Waals surface area (Å²) in [6.07, 6.45) is -4.35. The van der Waals surface area contributed by atoms with E-state index in [-0.39, 0.29) is 5.92 Å². The summed E-state index contributed by atoms with van der Waals surface area (Å²) in [6.45, 7) is 1.61. The summed E-state index contributed by atoms with van der Waals surface area (Å²) in [5, 5.41) is 10.5. The lowest BCUT2D eigenvalue weighted by Gasteiger charge is -2.34. The van der Waals surface area contributed by atoms with Crippen LogP contribution in [-0.2, 0) is 12.6 Å². The number of aliphatic hydroxyl groups is 1. The van der Waals surface area contributed by atoms with Crippen molar-refractivity contribution in [1.82, 2.24) is 0 Å². The lowest BCUT2D eigenvalue weighted by atomic mass is 9.72. The lowest BCUT2D eigenvalue weighted by Crippen LogP contribution is -2.24. The van der Waals surface area contributed by atoms with Gasteiger partial charge in [-0.15, -0.1) is 0 Å². The molecule has 0 aliphatic heterocycles. The molecule has 0 saturated carbocycles. The van der Waals surface area contributed by atoms with E-state index in [1.54, 1.807) is 6.92 Å². The van der Waals surface area contributed by atoms with Gasteiger partial charge in [0.15, 0.2) is 0 Å². The fourth-order valence-electron chi connectivity index (χ4n) is 2.98. The van der Waals surface area contributed by atoms with Crippen molar-refractivity contribution < 1.29 is 18.3 Å². The van der Waals surface area contributed by atoms with Crippen LogP contribution in [0.1, 0.15) is 39.8 Å². The first-order valence-electron chi connectivity index (χ1n) is 6.81. The van der Waals surface area contributed by atoms with Gasteiger partial charge in [0.1, 0.15) is 0 Å². The molecular weight excluding hydrogens is 277 g/mol. The quantitative estimate of drug-likeness (QED) is 0.870. The van der Waals surface area contributed by atoms with Crippen LogP contribution in [0.15, 0.2) is 42.5 Å². The molecule has 3 rings (SSSR count). The molecule has 21 heavy (non-hydrogen) atoms. The van der Waals surface area contributed by atoms with E-state index in [0.29, 0.717) is 11.1 Å². The van der Waals surface area contributed by atoms with Crippen LogP contribution < -0.4 is 0 Å². The van der Waals surface area contributed by atoms with E-state index in [9.17, 15) is 18.3 Å². The van der Waals surface area contributed by atoms with E-state index in [1.165, 1.54) is 11.6 Å². The Morgan fingerprint density at radius 2 is 1.86 bits per heavy atom. The van der Waals surface area contributed by atoms with Crippen molar-refractivity contribution in [3.8, 4) is 0 Å². The van der Waals surface area contributed by atoms with Crippen LogP contribution in [0.4, 0.5) is 13.2 Å². The summed E-state index contributed by atoms with van der Waals surface area (Å²) in [5.41, 5.74) is 2.66. The topological polar surface area (TPSA) is 20.2 Å². The molecule has 2 aromatic carbocycles. The number of aryl methyl sites for hydroxylation is 1. The number of alkyl halides is 3. The molecule has 0 aromatic heterocycles. The molecule has 0 amide bonds. The number of hydrogen-bond donors (Lipinski definition) is 1. The van der Waals surface area contributed by atoms with Crippen LogP contribution >= 0.6 is 0 Å². The fraction of sp³-hybridized carbons (Fsp3) is 0.294. The average molecular weight is 292 g/mol. The Labute approximate surface area is 121 Å². The van der Waals surface area contributed by atoms with E-state index in [1.807, 2.05) is 24.3 Å². The van der Waals surface area contributed by atoms with Gasteiger partial charge in [0.05, 0.1) is 11.7 Å². The van der Waals surface area contributed by atoms with Crippen molar-refractivity contribution in [2.24, 2.45) is 0 Å². The molecule has 0 heterocycles. The Balaban J connectivity index is 1.88. The molecule has 1 N–H and O–H groups in total. The predicted octanol–water partition coefficient (Wildman–Crippen LogP) is 4.39. The average Bonchev–Trinajstić information content (AvgIpc) is 2.38. The summed E-state index contributed by atoms with van der Waals surface area (Å²) in [6, 6.07) is 11.4. The van der Waals surface area contributed by atoms with Gasteiger partial charge < -0.3 is 5.11 Å². The third kappa shape index (κ3) is 2.44. The van der Waals surface area contributed by atoms with Crippen LogP contribution in [0.25, 0.3) is 0 Å². The molecule has 1 nitrogen and oxygen atoms in total. The smallest absolute Gasteiger partial charge is 0.388 e. The van der Waals surface area contributed by atoms with Gasteiger partial charge in [-0.2, -0.15) is 13.2 Å². The largest absolute Gasteiger partial charge is 0.416 e. The zero-order valence-corrected chi connectivity index (χ0v) is 11.5. The standard InChI is InChI=1S/C17H15F3O/c1-10-8-12(17(18,19)20)6-7-13(10)16(21)15-9-11-4-2-3-5-14(11)15/h2-8,15-16,21H,9H2,1H3. The predicted molar refractivity (Wildman–Crippen MR) is 74.0 cm³/mol. The highest BCUT2D eigenvalue weighted by molar-refractivity contribution is 5.44. The number of benzene rings is 2. The van der Waals surface area contributed by atoms with E-state index in [4.69, 9.17) is 0 Å². The Bertz CT molecular complexity index is 676. The monoisotopic (exact) mass is 292 g/mol. The molecule has 0 bridgehead atoms. The van der Waals surface area contributed by atoms with Gasteiger partial charge in [-0.3, -0.25) is 0 Å². The van der Waals surface area contributed by atoms with Crippen molar-refractivity contribution in [1.29, 1.82) is 0 Å². The Hall–Kier alpha value is -1.81. The number of rotatable bonds is 2. The zero-order chi connectivity index (χ0) is 15.2. The second-order valence-electron chi connectivity index (χ2n) is 5.52. The third-order valence-corrected chi connectivity index (χ3v) is 4.19. The summed E-state index contributed by atoms with van der Waals surface area (Å²) < 4.78 is 38.0. The first kappa shape index (κ1) is 14.1. The van der Waals surface area contributed by atoms with E-state index < -0.39 is 17.8 Å². The van der Waals surface area contributed by atoms with Gasteiger partial charge in [-0.25, -0.2) is 0 Å². The Morgan fingerprint density at radius 1 is 1.14 bits per heavy atom. The molecule has 2 unspecified atom stereocenters. The number of hydrogen-bond acceptors (Lipinski definition) is 1. The van der Waals surface area contributed by atoms with Crippen LogP contribution in [0.5, 0.6) is 0 Å². The van der Waals surface area contributed by atoms with Crippen molar-refractivity contribution in [2.45, 2.75) is 31.5 Å². The van der Waals surface area contributed by atoms with E-state index in [2.05, 4.69) is 0 Å². The van der Waals surface area contributed by atoms with Crippen molar-refractivity contribution in [2.75, 3.05) is 0 Å². The van der Waals surface area contributed by atoms with Gasteiger partial charge in [-0.1, -0.05) is 30.3 Å². The summed E-state index contributed by atoms with van der Waals surface area (Å²) >= 11 is 0. The maximum atomic E-state index is 12.7. The van der Waals surface area contributed by atoms with Gasteiger partial charge in [0.2, 0.25) is 0 Å². The summed E-state index contributed by atoms with van der Waals surface area (Å²) in [7, 11) is 0. The van der Waals surface area contributed by atoms with Gasteiger partial charge in [0.25, 0.3) is 0 Å². The van der Waals surface area contributed by atoms with Gasteiger partial charge >= 0.3 is 6.18 Å². The second kappa shape index (κ2) is 4.88. The molecule has 2 atom stereocenters. The molecular formula is C17H15F3O. The van der Waals surface area contributed by atoms with Crippen LogP contribution in [0.2, 0.25) is 0 Å². The van der Waals surface area contributed by atoms with Crippen molar-refractivity contribution in [3.63, 3.8) is 0 Å². The number of fused-ring (bicyclic) bond motifs is 1. The molecule has 0 saturated heterocycles. The highest BCUT2D eigenvalue weighted by Crippen LogP contribution is 2.44. The van der Waals surface area contributed by atoms with Crippen LogP contribution in [0.3, 0.4) is 0 Å². The van der Waals surface area contributed by atoms with Crippen LogP contribution in [-0.4, -0.2) is 5.11 Å². The molecule has 1 aliphatic carbocycles. The fourth-order valence-corrected chi connectivity index (χ4v) is 2.98. The molecule has 0 fully saturated rings. The minimum absolute atomic E-state index is 0.0309. The molecule has 2 aromatic rings. The molecule has 0 radical (unpaired) electrons. The molecule has 4 heteroatoms. The van der Waals surface area contributed by atoms with Gasteiger partial charge in [0, 0.05) is 5.92 Å². The highest BCUT2D eigenvalue weighted by atomic mass is 19.4. The maximum Gasteiger partial charge on any atom is 0.416 e. The first-order valence-corrected chi connectivity index (χ1v) is 6.81. The minimum Gasteiger partial charge on any atom is -0.388 e. The second-order valence-corrected chi connectivity index (χ2v) is 5.52. The Kier molecular flexibility index (Phi) is 3.29. The normalized spacial score (nSPS) is 18.8. The van der Waals surface area contributed by atoms with Crippen LogP contribution in [0, 0.1) is 6.92 Å². The zero-order valence-electron chi connectivity index (χ0n) is 11.5. The maximum absolute atomic E-state index is 12.7. The molecule has 1 aliphatic rings. The highest BCUT2D eigenvalue weighted by Gasteiger charge is 2.35.